The number of rotatable bonds is 5. The number of carbonyl (C=O) groups is 2. The van der Waals surface area contributed by atoms with Crippen LogP contribution < -0.4 is 4.74 Å². The average molecular weight is 324 g/mol. The van der Waals surface area contributed by atoms with E-state index in [-0.39, 0.29) is 5.97 Å². The van der Waals surface area contributed by atoms with Gasteiger partial charge in [0.2, 0.25) is 0 Å². The topological polar surface area (TPSA) is 43.4 Å². The first-order valence-electron chi connectivity index (χ1n) is 8.21. The van der Waals surface area contributed by atoms with E-state index in [4.69, 9.17) is 4.74 Å². The predicted molar refractivity (Wildman–Crippen MR) is 98.5 cm³/mol. The second-order valence-corrected chi connectivity index (χ2v) is 6.66. The van der Waals surface area contributed by atoms with Crippen molar-refractivity contribution in [3.05, 3.63) is 47.0 Å². The third-order valence-corrected chi connectivity index (χ3v) is 4.48. The molecular formula is C21H24O3. The van der Waals surface area contributed by atoms with Gasteiger partial charge in [-0.25, -0.2) is 0 Å². The first-order chi connectivity index (χ1) is 11.3. The van der Waals surface area contributed by atoms with Crippen LogP contribution >= 0.6 is 0 Å². The van der Waals surface area contributed by atoms with Gasteiger partial charge in [-0.3, -0.25) is 9.59 Å². The summed E-state index contributed by atoms with van der Waals surface area (Å²) in [6, 6.07) is 7.67. The predicted octanol–water partition coefficient (Wildman–Crippen LogP) is 5.34. The standard InChI is InChI=1S/C21H24O3/c1-6-8-15-11-16-10-9-14(3)17(13-22)19(16)18(12-15)24-20(23)21(4,5)7-2/h6,8-13H,7H2,1-5H3/b8-6+. The molecule has 0 saturated carbocycles. The highest BCUT2D eigenvalue weighted by Crippen LogP contribution is 2.34. The molecular weight excluding hydrogens is 300 g/mol. The lowest BCUT2D eigenvalue weighted by atomic mass is 9.90. The van der Waals surface area contributed by atoms with Gasteiger partial charge in [-0.15, -0.1) is 0 Å². The van der Waals surface area contributed by atoms with E-state index in [1.165, 1.54) is 0 Å². The summed E-state index contributed by atoms with van der Waals surface area (Å²) >= 11 is 0. The lowest BCUT2D eigenvalue weighted by Crippen LogP contribution is -2.28. The second-order valence-electron chi connectivity index (χ2n) is 6.66. The van der Waals surface area contributed by atoms with Gasteiger partial charge in [0.1, 0.15) is 5.75 Å². The SMILES string of the molecule is C/C=C/c1cc(OC(=O)C(C)(C)CC)c2c(C=O)c(C)ccc2c1. The summed E-state index contributed by atoms with van der Waals surface area (Å²) in [6.45, 7) is 9.49. The quantitative estimate of drug-likeness (QED) is 0.424. The molecule has 3 heteroatoms. The minimum absolute atomic E-state index is 0.290. The molecule has 0 spiro atoms. The van der Waals surface area contributed by atoms with E-state index < -0.39 is 5.41 Å². The Morgan fingerprint density at radius 3 is 2.54 bits per heavy atom. The van der Waals surface area contributed by atoms with Gasteiger partial charge in [-0.05, 0) is 62.8 Å². The minimum atomic E-state index is -0.575. The normalized spacial score (nSPS) is 11.9. The van der Waals surface area contributed by atoms with Gasteiger partial charge < -0.3 is 4.74 Å². The van der Waals surface area contributed by atoms with E-state index in [9.17, 15) is 9.59 Å². The highest BCUT2D eigenvalue weighted by Gasteiger charge is 2.28. The number of fused-ring (bicyclic) bond motifs is 1. The number of allylic oxidation sites excluding steroid dienone is 1. The van der Waals surface area contributed by atoms with Crippen molar-refractivity contribution in [3.63, 3.8) is 0 Å². The second kappa shape index (κ2) is 7.00. The molecule has 0 N–H and O–H groups in total. The zero-order chi connectivity index (χ0) is 17.9. The van der Waals surface area contributed by atoms with Crippen LogP contribution in [0.5, 0.6) is 5.75 Å². The van der Waals surface area contributed by atoms with Crippen LogP contribution in [0, 0.1) is 12.3 Å². The van der Waals surface area contributed by atoms with Gasteiger partial charge >= 0.3 is 5.97 Å². The molecule has 2 aromatic carbocycles. The zero-order valence-electron chi connectivity index (χ0n) is 15.0. The molecule has 0 fully saturated rings. The van der Waals surface area contributed by atoms with Crippen molar-refractivity contribution in [3.8, 4) is 5.75 Å². The summed E-state index contributed by atoms with van der Waals surface area (Å²) < 4.78 is 5.74. The Bertz CT molecular complexity index is 813. The number of esters is 1. The molecule has 0 aromatic heterocycles. The van der Waals surface area contributed by atoms with Gasteiger partial charge in [0, 0.05) is 10.9 Å². The first-order valence-corrected chi connectivity index (χ1v) is 8.21. The monoisotopic (exact) mass is 324 g/mol. The molecule has 0 amide bonds. The van der Waals surface area contributed by atoms with Gasteiger partial charge in [0.05, 0.1) is 5.41 Å². The molecule has 0 aliphatic heterocycles. The number of benzene rings is 2. The minimum Gasteiger partial charge on any atom is -0.425 e. The molecule has 2 aromatic rings. The highest BCUT2D eigenvalue weighted by atomic mass is 16.5. The van der Waals surface area contributed by atoms with Crippen LogP contribution in [0.15, 0.2) is 30.3 Å². The summed E-state index contributed by atoms with van der Waals surface area (Å²) in [6.07, 6.45) is 5.38. The van der Waals surface area contributed by atoms with E-state index in [2.05, 4.69) is 0 Å². The van der Waals surface area contributed by atoms with E-state index in [1.54, 1.807) is 0 Å². The van der Waals surface area contributed by atoms with Gasteiger partial charge in [-0.2, -0.15) is 0 Å². The molecule has 3 nitrogen and oxygen atoms in total. The van der Waals surface area contributed by atoms with Crippen LogP contribution in [0.25, 0.3) is 16.8 Å². The number of hydrogen-bond donors (Lipinski definition) is 0. The molecule has 0 aliphatic carbocycles. The largest absolute Gasteiger partial charge is 0.425 e. The van der Waals surface area contributed by atoms with Crippen molar-refractivity contribution >= 4 is 29.1 Å². The molecule has 2 rings (SSSR count). The van der Waals surface area contributed by atoms with Crippen LogP contribution in [0.1, 0.15) is 55.6 Å². The summed E-state index contributed by atoms with van der Waals surface area (Å²) in [4.78, 5) is 24.1. The highest BCUT2D eigenvalue weighted by molar-refractivity contribution is 6.04. The smallest absolute Gasteiger partial charge is 0.316 e. The fraction of sp³-hybridized carbons (Fsp3) is 0.333. The third-order valence-electron chi connectivity index (χ3n) is 4.48. The third kappa shape index (κ3) is 3.40. The Morgan fingerprint density at radius 1 is 1.25 bits per heavy atom. The maximum Gasteiger partial charge on any atom is 0.316 e. The molecule has 0 bridgehead atoms. The number of ether oxygens (including phenoxy) is 1. The van der Waals surface area contributed by atoms with E-state index in [0.717, 1.165) is 22.8 Å². The Hall–Kier alpha value is -2.42. The van der Waals surface area contributed by atoms with Crippen molar-refractivity contribution in [2.24, 2.45) is 5.41 Å². The Labute approximate surface area is 143 Å². The molecule has 126 valence electrons. The van der Waals surface area contributed by atoms with Gasteiger partial charge in [-0.1, -0.05) is 31.2 Å². The van der Waals surface area contributed by atoms with Crippen molar-refractivity contribution in [2.75, 3.05) is 0 Å². The number of aldehydes is 1. The van der Waals surface area contributed by atoms with E-state index in [0.29, 0.717) is 23.1 Å². The maximum absolute atomic E-state index is 12.5. The van der Waals surface area contributed by atoms with Gasteiger partial charge in [0.25, 0.3) is 0 Å². The molecule has 0 atom stereocenters. The van der Waals surface area contributed by atoms with Crippen LogP contribution in [-0.4, -0.2) is 12.3 Å². The number of carbonyl (C=O) groups excluding carboxylic acids is 2. The fourth-order valence-electron chi connectivity index (χ4n) is 2.48. The Kier molecular flexibility index (Phi) is 5.23. The molecule has 0 saturated heterocycles. The fourth-order valence-corrected chi connectivity index (χ4v) is 2.48. The van der Waals surface area contributed by atoms with Crippen molar-refractivity contribution in [1.82, 2.24) is 0 Å². The molecule has 24 heavy (non-hydrogen) atoms. The van der Waals surface area contributed by atoms with Crippen LogP contribution in [0.2, 0.25) is 0 Å². The molecule has 0 unspecified atom stereocenters. The average Bonchev–Trinajstić information content (AvgIpc) is 2.55. The van der Waals surface area contributed by atoms with E-state index in [1.807, 2.05) is 71.0 Å². The maximum atomic E-state index is 12.5. The number of hydrogen-bond acceptors (Lipinski definition) is 3. The van der Waals surface area contributed by atoms with Crippen LogP contribution in [0.3, 0.4) is 0 Å². The van der Waals surface area contributed by atoms with Gasteiger partial charge in [0.15, 0.2) is 6.29 Å². The molecule has 0 aliphatic rings. The van der Waals surface area contributed by atoms with Crippen molar-refractivity contribution in [2.45, 2.75) is 41.0 Å². The first kappa shape index (κ1) is 17.9. The zero-order valence-corrected chi connectivity index (χ0v) is 15.0. The van der Waals surface area contributed by atoms with Crippen LogP contribution in [-0.2, 0) is 4.79 Å². The van der Waals surface area contributed by atoms with Crippen molar-refractivity contribution in [1.29, 1.82) is 0 Å². The van der Waals surface area contributed by atoms with E-state index >= 15 is 0 Å². The summed E-state index contributed by atoms with van der Waals surface area (Å²) in [5.41, 5.74) is 1.79. The van der Waals surface area contributed by atoms with Crippen LogP contribution in [0.4, 0.5) is 0 Å². The molecule has 0 radical (unpaired) electrons. The summed E-state index contributed by atoms with van der Waals surface area (Å²) in [5, 5.41) is 1.58. The molecule has 0 heterocycles. The number of aryl methyl sites for hydroxylation is 1. The Morgan fingerprint density at radius 2 is 1.96 bits per heavy atom. The van der Waals surface area contributed by atoms with Crippen molar-refractivity contribution < 1.29 is 14.3 Å². The lowest BCUT2D eigenvalue weighted by Gasteiger charge is -2.21. The summed E-state index contributed by atoms with van der Waals surface area (Å²) in [5.74, 6) is 0.153. The Balaban J connectivity index is 2.71. The lowest BCUT2D eigenvalue weighted by molar-refractivity contribution is -0.144. The summed E-state index contributed by atoms with van der Waals surface area (Å²) in [7, 11) is 0.